The van der Waals surface area contributed by atoms with E-state index in [1.54, 1.807) is 18.2 Å². The Bertz CT molecular complexity index is 658. The third-order valence-electron chi connectivity index (χ3n) is 4.04. The van der Waals surface area contributed by atoms with E-state index < -0.39 is 0 Å². The van der Waals surface area contributed by atoms with Crippen molar-refractivity contribution in [2.75, 3.05) is 38.1 Å². The monoisotopic (exact) mass is 317 g/mol. The van der Waals surface area contributed by atoms with Crippen molar-refractivity contribution in [1.29, 1.82) is 0 Å². The molecule has 124 valence electrons. The van der Waals surface area contributed by atoms with Gasteiger partial charge in [-0.15, -0.1) is 0 Å². The molecular formula is C16H23N5O2. The van der Waals surface area contributed by atoms with Crippen LogP contribution in [0.1, 0.15) is 26.2 Å². The first-order chi connectivity index (χ1) is 11.3. The van der Waals surface area contributed by atoms with Gasteiger partial charge in [-0.1, -0.05) is 6.42 Å². The summed E-state index contributed by atoms with van der Waals surface area (Å²) in [4.78, 5) is 7.46. The minimum atomic E-state index is 0.359. The Labute approximate surface area is 135 Å². The summed E-state index contributed by atoms with van der Waals surface area (Å²) in [7, 11) is 0. The van der Waals surface area contributed by atoms with E-state index in [0.717, 1.165) is 26.2 Å². The van der Waals surface area contributed by atoms with Gasteiger partial charge in [0.15, 0.2) is 0 Å². The summed E-state index contributed by atoms with van der Waals surface area (Å²) in [6.07, 6.45) is 3.87. The fourth-order valence-electron chi connectivity index (χ4n) is 2.87. The van der Waals surface area contributed by atoms with Gasteiger partial charge < -0.3 is 20.2 Å². The fourth-order valence-corrected chi connectivity index (χ4v) is 2.87. The smallest absolute Gasteiger partial charge is 0.290 e. The Hall–Kier alpha value is -2.15. The molecule has 0 bridgehead atoms. The van der Waals surface area contributed by atoms with Gasteiger partial charge in [0.25, 0.3) is 11.5 Å². The number of fused-ring (bicyclic) bond motifs is 1. The average molecular weight is 317 g/mol. The molecule has 1 saturated heterocycles. The lowest BCUT2D eigenvalue weighted by Crippen LogP contribution is -2.36. The number of hydrogen-bond acceptors (Lipinski definition) is 6. The minimum absolute atomic E-state index is 0.359. The maximum Gasteiger partial charge on any atom is 0.290 e. The first kappa shape index (κ1) is 15.7. The Morgan fingerprint density at radius 1 is 1.30 bits per heavy atom. The summed E-state index contributed by atoms with van der Waals surface area (Å²) < 4.78 is 5.46. The molecule has 1 N–H and O–H groups in total. The Morgan fingerprint density at radius 2 is 2.13 bits per heavy atom. The third kappa shape index (κ3) is 3.98. The Kier molecular flexibility index (Phi) is 5.07. The summed E-state index contributed by atoms with van der Waals surface area (Å²) in [5, 5.41) is 19.1. The van der Waals surface area contributed by atoms with Crippen LogP contribution in [0, 0.1) is 5.21 Å². The number of ether oxygens (including phenoxy) is 1. The van der Waals surface area contributed by atoms with Gasteiger partial charge in [0.1, 0.15) is 11.3 Å². The Balaban J connectivity index is 1.67. The summed E-state index contributed by atoms with van der Waals surface area (Å²) in [5.74, 6) is 1.07. The molecule has 2 aromatic rings. The molecule has 0 spiro atoms. The highest BCUT2D eigenvalue weighted by Gasteiger charge is 2.13. The molecule has 23 heavy (non-hydrogen) atoms. The van der Waals surface area contributed by atoms with Gasteiger partial charge in [-0.25, -0.2) is 4.98 Å². The standard InChI is InChI=1S/C16H23N5O2/c1-2-23-13-6-7-15-14(12-13)18-16(19-21(15)22)17-8-11-20-9-4-3-5-10-20/h6-7,12H,2-5,8-11H2,1H3,(H,17,18,19). The normalized spacial score (nSPS) is 15.7. The largest absolute Gasteiger partial charge is 0.594 e. The second-order valence-corrected chi connectivity index (χ2v) is 5.72. The first-order valence-corrected chi connectivity index (χ1v) is 8.27. The van der Waals surface area contributed by atoms with Crippen LogP contribution in [0.4, 0.5) is 5.95 Å². The van der Waals surface area contributed by atoms with Crippen LogP contribution in [0.3, 0.4) is 0 Å². The number of anilines is 1. The average Bonchev–Trinajstić information content (AvgIpc) is 2.56. The van der Waals surface area contributed by atoms with E-state index in [1.807, 2.05) is 6.92 Å². The summed E-state index contributed by atoms with van der Waals surface area (Å²) >= 11 is 0. The molecule has 3 rings (SSSR count). The number of nitrogens with one attached hydrogen (secondary N) is 1. The van der Waals surface area contributed by atoms with Crippen LogP contribution >= 0.6 is 0 Å². The van der Waals surface area contributed by atoms with Gasteiger partial charge in [0.2, 0.25) is 0 Å². The molecule has 0 radical (unpaired) electrons. The van der Waals surface area contributed by atoms with Gasteiger partial charge in [-0.2, -0.15) is 0 Å². The van der Waals surface area contributed by atoms with Crippen molar-refractivity contribution in [2.24, 2.45) is 0 Å². The number of piperidine rings is 1. The van der Waals surface area contributed by atoms with Crippen molar-refractivity contribution in [2.45, 2.75) is 26.2 Å². The fraction of sp³-hybridized carbons (Fsp3) is 0.562. The zero-order valence-corrected chi connectivity index (χ0v) is 13.5. The molecule has 1 aromatic carbocycles. The van der Waals surface area contributed by atoms with E-state index in [4.69, 9.17) is 4.74 Å². The topological polar surface area (TPSA) is 77.2 Å². The van der Waals surface area contributed by atoms with E-state index in [9.17, 15) is 5.21 Å². The van der Waals surface area contributed by atoms with E-state index in [1.165, 1.54) is 19.3 Å². The lowest BCUT2D eigenvalue weighted by atomic mass is 10.1. The molecule has 0 aliphatic carbocycles. The molecule has 1 fully saturated rings. The van der Waals surface area contributed by atoms with Crippen LogP contribution in [-0.4, -0.2) is 47.8 Å². The van der Waals surface area contributed by atoms with Crippen molar-refractivity contribution in [1.82, 2.24) is 15.0 Å². The molecule has 7 heteroatoms. The number of likely N-dealkylation sites (tertiary alicyclic amines) is 1. The molecule has 2 heterocycles. The van der Waals surface area contributed by atoms with Gasteiger partial charge in [-0.3, -0.25) is 0 Å². The summed E-state index contributed by atoms with van der Waals surface area (Å²) in [5.41, 5.74) is 1.02. The molecule has 1 aliphatic heterocycles. The highest BCUT2D eigenvalue weighted by Crippen LogP contribution is 2.17. The van der Waals surface area contributed by atoms with Crippen molar-refractivity contribution < 1.29 is 9.58 Å². The lowest BCUT2D eigenvalue weighted by Gasteiger charge is -2.26. The van der Waals surface area contributed by atoms with Crippen molar-refractivity contribution in [3.8, 4) is 5.75 Å². The second-order valence-electron chi connectivity index (χ2n) is 5.72. The first-order valence-electron chi connectivity index (χ1n) is 8.27. The zero-order chi connectivity index (χ0) is 16.1. The van der Waals surface area contributed by atoms with E-state index in [-0.39, 0.29) is 0 Å². The zero-order valence-electron chi connectivity index (χ0n) is 13.5. The number of rotatable bonds is 6. The van der Waals surface area contributed by atoms with E-state index >= 15 is 0 Å². The number of nitrogens with zero attached hydrogens (tertiary/aromatic N) is 4. The van der Waals surface area contributed by atoms with Gasteiger partial charge >= 0.3 is 0 Å². The Morgan fingerprint density at radius 3 is 2.91 bits per heavy atom. The van der Waals surface area contributed by atoms with Crippen LogP contribution in [0.15, 0.2) is 18.2 Å². The van der Waals surface area contributed by atoms with Crippen LogP contribution in [0.5, 0.6) is 5.75 Å². The number of benzene rings is 1. The number of aromatic nitrogens is 3. The van der Waals surface area contributed by atoms with Gasteiger partial charge in [0.05, 0.1) is 11.7 Å². The van der Waals surface area contributed by atoms with Crippen LogP contribution in [0.25, 0.3) is 11.0 Å². The maximum absolute atomic E-state index is 12.0. The molecule has 1 aliphatic rings. The lowest BCUT2D eigenvalue weighted by molar-refractivity contribution is -0.641. The summed E-state index contributed by atoms with van der Waals surface area (Å²) in [6, 6.07) is 5.21. The van der Waals surface area contributed by atoms with Gasteiger partial charge in [0, 0.05) is 25.2 Å². The highest BCUT2D eigenvalue weighted by atomic mass is 16.5. The quantitative estimate of drug-likeness (QED) is 0.643. The highest BCUT2D eigenvalue weighted by molar-refractivity contribution is 5.73. The van der Waals surface area contributed by atoms with E-state index in [2.05, 4.69) is 20.3 Å². The number of hydrogen-bond donors (Lipinski definition) is 1. The molecule has 0 amide bonds. The van der Waals surface area contributed by atoms with Crippen LogP contribution in [0.2, 0.25) is 0 Å². The van der Waals surface area contributed by atoms with Crippen molar-refractivity contribution in [3.63, 3.8) is 0 Å². The second kappa shape index (κ2) is 7.41. The molecule has 7 nitrogen and oxygen atoms in total. The third-order valence-corrected chi connectivity index (χ3v) is 4.04. The van der Waals surface area contributed by atoms with Crippen LogP contribution in [-0.2, 0) is 0 Å². The predicted molar refractivity (Wildman–Crippen MR) is 88.4 cm³/mol. The molecule has 0 unspecified atom stereocenters. The molecule has 1 aromatic heterocycles. The maximum atomic E-state index is 12.0. The van der Waals surface area contributed by atoms with Crippen molar-refractivity contribution >= 4 is 17.0 Å². The van der Waals surface area contributed by atoms with Crippen LogP contribution < -0.4 is 14.9 Å². The predicted octanol–water partition coefficient (Wildman–Crippen LogP) is 1.56. The molecule has 0 atom stereocenters. The van der Waals surface area contributed by atoms with E-state index in [0.29, 0.717) is 34.2 Å². The SMILES string of the molecule is CCOc1ccc2c(c1)nc(NCCN1CCCCC1)n[n+]2[O-]. The minimum Gasteiger partial charge on any atom is -0.594 e. The molecule has 0 saturated carbocycles. The van der Waals surface area contributed by atoms with Crippen molar-refractivity contribution in [3.05, 3.63) is 23.4 Å². The molecular weight excluding hydrogens is 294 g/mol. The summed E-state index contributed by atoms with van der Waals surface area (Å²) in [6.45, 7) is 6.48. The van der Waals surface area contributed by atoms with Gasteiger partial charge in [-0.05, 0) is 43.8 Å².